The molecule has 0 aliphatic carbocycles. The lowest BCUT2D eigenvalue weighted by Gasteiger charge is -2.04. The van der Waals surface area contributed by atoms with Crippen LogP contribution in [-0.2, 0) is 5.75 Å². The Morgan fingerprint density at radius 1 is 1.42 bits per heavy atom. The van der Waals surface area contributed by atoms with Gasteiger partial charge in [0, 0.05) is 18.0 Å². The van der Waals surface area contributed by atoms with Crippen LogP contribution in [-0.4, -0.2) is 24.6 Å². The molecule has 0 fully saturated rings. The molecule has 6 nitrogen and oxygen atoms in total. The minimum Gasteiger partial charge on any atom is -0.269 e. The molecule has 3 heterocycles. The van der Waals surface area contributed by atoms with Crippen LogP contribution in [0.25, 0.3) is 5.65 Å². The van der Waals surface area contributed by atoms with E-state index in [4.69, 9.17) is 0 Å². The van der Waals surface area contributed by atoms with Crippen molar-refractivity contribution in [1.29, 1.82) is 0 Å². The largest absolute Gasteiger partial charge is 0.269 e. The minimum atomic E-state index is -0.0677. The number of hydrogen-bond acceptors (Lipinski definition) is 5. The summed E-state index contributed by atoms with van der Waals surface area (Å²) in [5.74, 6) is 0.578. The summed E-state index contributed by atoms with van der Waals surface area (Å²) in [6.07, 6.45) is 3.24. The third kappa shape index (κ3) is 2.50. The summed E-state index contributed by atoms with van der Waals surface area (Å²) in [6.45, 7) is 1.94. The van der Waals surface area contributed by atoms with Crippen molar-refractivity contribution < 1.29 is 0 Å². The zero-order chi connectivity index (χ0) is 13.2. The molecule has 3 aromatic heterocycles. The second kappa shape index (κ2) is 4.85. The van der Waals surface area contributed by atoms with E-state index in [1.165, 1.54) is 18.1 Å². The van der Waals surface area contributed by atoms with Crippen LogP contribution in [0.15, 0.2) is 40.7 Å². The first kappa shape index (κ1) is 11.9. The Kier molecular flexibility index (Phi) is 3.04. The molecule has 0 unspecified atom stereocenters. The highest BCUT2D eigenvalue weighted by atomic mass is 32.2. The first-order valence-corrected chi connectivity index (χ1v) is 6.68. The Morgan fingerprint density at radius 2 is 2.32 bits per heavy atom. The van der Waals surface area contributed by atoms with E-state index in [-0.39, 0.29) is 5.56 Å². The monoisotopic (exact) mass is 273 g/mol. The summed E-state index contributed by atoms with van der Waals surface area (Å²) in [4.78, 5) is 20.5. The maximum Gasteiger partial charge on any atom is 0.258 e. The third-order valence-electron chi connectivity index (χ3n) is 2.61. The molecule has 96 valence electrons. The number of aromatic amines is 1. The summed E-state index contributed by atoms with van der Waals surface area (Å²) in [6, 6.07) is 5.34. The number of H-pyrrole nitrogens is 1. The van der Waals surface area contributed by atoms with Gasteiger partial charge in [-0.3, -0.25) is 14.3 Å². The van der Waals surface area contributed by atoms with Gasteiger partial charge in [-0.1, -0.05) is 17.8 Å². The van der Waals surface area contributed by atoms with E-state index in [0.717, 1.165) is 11.3 Å². The van der Waals surface area contributed by atoms with Crippen LogP contribution in [0.2, 0.25) is 0 Å². The molecule has 3 rings (SSSR count). The molecule has 19 heavy (non-hydrogen) atoms. The molecule has 3 aromatic rings. The van der Waals surface area contributed by atoms with Crippen molar-refractivity contribution in [2.75, 3.05) is 0 Å². The van der Waals surface area contributed by atoms with Crippen molar-refractivity contribution in [3.05, 3.63) is 52.3 Å². The maximum absolute atomic E-state index is 12.0. The molecular formula is C12H11N5OS. The second-order valence-corrected chi connectivity index (χ2v) is 5.06. The van der Waals surface area contributed by atoms with Crippen LogP contribution in [0.3, 0.4) is 0 Å². The summed E-state index contributed by atoms with van der Waals surface area (Å²) in [5.41, 5.74) is 2.35. The van der Waals surface area contributed by atoms with Gasteiger partial charge in [-0.05, 0) is 18.6 Å². The lowest BCUT2D eigenvalue weighted by Crippen LogP contribution is -2.15. The molecule has 0 saturated carbocycles. The average molecular weight is 273 g/mol. The number of hydrogen-bond donors (Lipinski definition) is 1. The van der Waals surface area contributed by atoms with Gasteiger partial charge in [-0.15, -0.1) is 0 Å². The van der Waals surface area contributed by atoms with Crippen molar-refractivity contribution in [2.45, 2.75) is 17.8 Å². The number of rotatable bonds is 3. The molecule has 7 heteroatoms. The minimum absolute atomic E-state index is 0.0677. The lowest BCUT2D eigenvalue weighted by atomic mass is 10.3. The molecule has 0 spiro atoms. The smallest absolute Gasteiger partial charge is 0.258 e. The Morgan fingerprint density at radius 3 is 3.11 bits per heavy atom. The van der Waals surface area contributed by atoms with E-state index < -0.39 is 0 Å². The topological polar surface area (TPSA) is 75.9 Å². The number of aryl methyl sites for hydroxylation is 1. The van der Waals surface area contributed by atoms with Crippen molar-refractivity contribution >= 4 is 17.4 Å². The van der Waals surface area contributed by atoms with Crippen molar-refractivity contribution in [2.24, 2.45) is 0 Å². The summed E-state index contributed by atoms with van der Waals surface area (Å²) < 4.78 is 1.55. The van der Waals surface area contributed by atoms with Crippen LogP contribution in [0.1, 0.15) is 11.3 Å². The highest BCUT2D eigenvalue weighted by Crippen LogP contribution is 2.16. The van der Waals surface area contributed by atoms with Gasteiger partial charge in [0.1, 0.15) is 12.0 Å². The van der Waals surface area contributed by atoms with Crippen LogP contribution in [0.5, 0.6) is 0 Å². The molecule has 0 radical (unpaired) electrons. The highest BCUT2D eigenvalue weighted by Gasteiger charge is 2.04. The van der Waals surface area contributed by atoms with E-state index in [2.05, 4.69) is 20.2 Å². The zero-order valence-corrected chi connectivity index (χ0v) is 11.0. The molecule has 1 N–H and O–H groups in total. The highest BCUT2D eigenvalue weighted by molar-refractivity contribution is 7.98. The van der Waals surface area contributed by atoms with E-state index in [9.17, 15) is 4.79 Å². The van der Waals surface area contributed by atoms with Gasteiger partial charge in [-0.25, -0.2) is 9.97 Å². The molecule has 0 aromatic carbocycles. The molecule has 0 atom stereocenters. The van der Waals surface area contributed by atoms with Gasteiger partial charge in [0.2, 0.25) is 0 Å². The summed E-state index contributed by atoms with van der Waals surface area (Å²) in [5, 5.41) is 7.24. The fourth-order valence-corrected chi connectivity index (χ4v) is 2.41. The van der Waals surface area contributed by atoms with Crippen molar-refractivity contribution in [3.63, 3.8) is 0 Å². The number of pyridine rings is 1. The van der Waals surface area contributed by atoms with Crippen molar-refractivity contribution in [3.8, 4) is 0 Å². The Bertz CT molecular complexity index is 765. The SMILES string of the molecule is Cc1ccc2nc(CSc3ncn[nH]3)cc(=O)n2c1. The van der Waals surface area contributed by atoms with Crippen molar-refractivity contribution in [1.82, 2.24) is 24.6 Å². The standard InChI is InChI=1S/C12H11N5OS/c1-8-2-3-10-15-9(4-11(18)17(10)5-8)6-19-12-13-7-14-16-12/h2-5,7H,6H2,1H3,(H,13,14,16). The predicted octanol–water partition coefficient (Wildman–Crippen LogP) is 1.41. The zero-order valence-electron chi connectivity index (χ0n) is 10.2. The van der Waals surface area contributed by atoms with Crippen LogP contribution >= 0.6 is 11.8 Å². The van der Waals surface area contributed by atoms with Gasteiger partial charge in [-0.2, -0.15) is 5.10 Å². The van der Waals surface area contributed by atoms with Gasteiger partial charge >= 0.3 is 0 Å². The van der Waals surface area contributed by atoms with E-state index in [0.29, 0.717) is 16.6 Å². The summed E-state index contributed by atoms with van der Waals surface area (Å²) >= 11 is 1.46. The van der Waals surface area contributed by atoms with Crippen LogP contribution in [0, 0.1) is 6.92 Å². The first-order chi connectivity index (χ1) is 9.22. The number of thioether (sulfide) groups is 1. The molecule has 0 aliphatic rings. The molecule has 0 saturated heterocycles. The Hall–Kier alpha value is -2.15. The number of nitrogens with one attached hydrogen (secondary N) is 1. The summed E-state index contributed by atoms with van der Waals surface area (Å²) in [7, 11) is 0. The van der Waals surface area contributed by atoms with E-state index >= 15 is 0 Å². The van der Waals surface area contributed by atoms with Crippen LogP contribution in [0.4, 0.5) is 0 Å². The average Bonchev–Trinajstić information content (AvgIpc) is 2.90. The lowest BCUT2D eigenvalue weighted by molar-refractivity contribution is 0.967. The number of fused-ring (bicyclic) bond motifs is 1. The maximum atomic E-state index is 12.0. The fourth-order valence-electron chi connectivity index (χ4n) is 1.74. The van der Waals surface area contributed by atoms with Crippen LogP contribution < -0.4 is 5.56 Å². The molecule has 0 aliphatic heterocycles. The number of nitrogens with zero attached hydrogens (tertiary/aromatic N) is 4. The molecule has 0 amide bonds. The second-order valence-electron chi connectivity index (χ2n) is 4.10. The Labute approximate surface area is 112 Å². The molecular weight excluding hydrogens is 262 g/mol. The van der Waals surface area contributed by atoms with Gasteiger partial charge in [0.05, 0.1) is 5.69 Å². The quantitative estimate of drug-likeness (QED) is 0.730. The molecule has 0 bridgehead atoms. The normalized spacial score (nSPS) is 11.0. The van der Waals surface area contributed by atoms with E-state index in [1.54, 1.807) is 16.7 Å². The van der Waals surface area contributed by atoms with Gasteiger partial charge in [0.15, 0.2) is 5.16 Å². The predicted molar refractivity (Wildman–Crippen MR) is 72.1 cm³/mol. The Balaban J connectivity index is 1.93. The fraction of sp³-hybridized carbons (Fsp3) is 0.167. The van der Waals surface area contributed by atoms with E-state index in [1.807, 2.05) is 19.1 Å². The number of aromatic nitrogens is 5. The first-order valence-electron chi connectivity index (χ1n) is 5.69. The van der Waals surface area contributed by atoms with Gasteiger partial charge in [0.25, 0.3) is 5.56 Å². The third-order valence-corrected chi connectivity index (χ3v) is 3.52. The van der Waals surface area contributed by atoms with Gasteiger partial charge < -0.3 is 0 Å².